The Balaban J connectivity index is 1.91. The number of allylic oxidation sites excluding steroid dienone is 4. The average molecular weight is 363 g/mol. The lowest BCUT2D eigenvalue weighted by molar-refractivity contribution is 0.309. The zero-order chi connectivity index (χ0) is 19.1. The lowest BCUT2D eigenvalue weighted by Crippen LogP contribution is -1.95. The maximum absolute atomic E-state index is 13.2. The van der Waals surface area contributed by atoms with Gasteiger partial charge >= 0.3 is 0 Å². The van der Waals surface area contributed by atoms with Crippen molar-refractivity contribution in [2.75, 3.05) is 7.11 Å². The van der Waals surface area contributed by atoms with E-state index in [9.17, 15) is 4.39 Å². The SMILES string of the molecule is C\C=C/C(=C(\C=C\n1nnc(-c2ccccn2)n1)OC)c1ccc(F)cc1. The van der Waals surface area contributed by atoms with Gasteiger partial charge in [0.05, 0.1) is 13.3 Å². The Morgan fingerprint density at radius 1 is 1.11 bits per heavy atom. The van der Waals surface area contributed by atoms with Gasteiger partial charge in [-0.05, 0) is 42.0 Å². The summed E-state index contributed by atoms with van der Waals surface area (Å²) >= 11 is 0. The van der Waals surface area contributed by atoms with E-state index in [2.05, 4.69) is 20.4 Å². The Bertz CT molecular complexity index is 975. The van der Waals surface area contributed by atoms with Crippen LogP contribution in [0.15, 0.2) is 72.6 Å². The average Bonchev–Trinajstić information content (AvgIpc) is 3.18. The van der Waals surface area contributed by atoms with Gasteiger partial charge in [-0.15, -0.1) is 15.0 Å². The first-order valence-corrected chi connectivity index (χ1v) is 8.27. The zero-order valence-corrected chi connectivity index (χ0v) is 15.0. The van der Waals surface area contributed by atoms with Crippen molar-refractivity contribution in [1.82, 2.24) is 25.2 Å². The summed E-state index contributed by atoms with van der Waals surface area (Å²) in [6.45, 7) is 1.90. The minimum atomic E-state index is -0.290. The minimum absolute atomic E-state index is 0.290. The van der Waals surface area contributed by atoms with Gasteiger partial charge in [-0.1, -0.05) is 30.4 Å². The molecule has 0 unspecified atom stereocenters. The molecule has 0 aliphatic carbocycles. The van der Waals surface area contributed by atoms with Gasteiger partial charge in [0.2, 0.25) is 5.82 Å². The van der Waals surface area contributed by atoms with E-state index in [1.807, 2.05) is 37.3 Å². The summed E-state index contributed by atoms with van der Waals surface area (Å²) in [4.78, 5) is 5.53. The Morgan fingerprint density at radius 3 is 2.59 bits per heavy atom. The smallest absolute Gasteiger partial charge is 0.223 e. The van der Waals surface area contributed by atoms with Gasteiger partial charge < -0.3 is 4.74 Å². The van der Waals surface area contributed by atoms with Gasteiger partial charge in [-0.3, -0.25) is 4.98 Å². The third-order valence-corrected chi connectivity index (χ3v) is 3.66. The normalized spacial score (nSPS) is 12.6. The molecular formula is C20H18FN5O. The van der Waals surface area contributed by atoms with Crippen molar-refractivity contribution in [2.45, 2.75) is 6.92 Å². The summed E-state index contributed by atoms with van der Waals surface area (Å²) < 4.78 is 18.7. The standard InChI is InChI=1S/C20H18FN5O/c1-3-6-17(15-8-10-16(21)11-9-15)19(27-2)12-14-26-24-20(23-25-26)18-7-4-5-13-22-18/h3-14H,1-2H3/b6-3-,14-12+,19-17-. The summed E-state index contributed by atoms with van der Waals surface area (Å²) in [7, 11) is 1.57. The highest BCUT2D eigenvalue weighted by atomic mass is 19.1. The highest BCUT2D eigenvalue weighted by Crippen LogP contribution is 2.22. The van der Waals surface area contributed by atoms with Crippen LogP contribution in [0.25, 0.3) is 23.3 Å². The molecule has 0 bridgehead atoms. The number of pyridine rings is 1. The molecule has 0 radical (unpaired) electrons. The monoisotopic (exact) mass is 363 g/mol. The Morgan fingerprint density at radius 2 is 1.93 bits per heavy atom. The van der Waals surface area contributed by atoms with Crippen LogP contribution in [0.2, 0.25) is 0 Å². The molecule has 0 aliphatic rings. The molecular weight excluding hydrogens is 345 g/mol. The number of tetrazole rings is 1. The Labute approximate surface area is 156 Å². The second kappa shape index (κ2) is 8.66. The molecule has 0 saturated carbocycles. The number of benzene rings is 1. The second-order valence-corrected chi connectivity index (χ2v) is 5.45. The number of ether oxygens (including phenoxy) is 1. The van der Waals surface area contributed by atoms with Gasteiger partial charge in [-0.25, -0.2) is 4.39 Å². The first-order valence-electron chi connectivity index (χ1n) is 8.27. The highest BCUT2D eigenvalue weighted by Gasteiger charge is 2.07. The molecule has 136 valence electrons. The van der Waals surface area contributed by atoms with E-state index >= 15 is 0 Å². The molecule has 2 aromatic heterocycles. The van der Waals surface area contributed by atoms with Crippen LogP contribution >= 0.6 is 0 Å². The minimum Gasteiger partial charge on any atom is -0.496 e. The van der Waals surface area contributed by atoms with E-state index in [-0.39, 0.29) is 5.82 Å². The molecule has 0 amide bonds. The van der Waals surface area contributed by atoms with Crippen molar-refractivity contribution in [1.29, 1.82) is 0 Å². The predicted octanol–water partition coefficient (Wildman–Crippen LogP) is 3.98. The van der Waals surface area contributed by atoms with Gasteiger partial charge in [0, 0.05) is 17.8 Å². The van der Waals surface area contributed by atoms with Crippen molar-refractivity contribution in [3.05, 3.63) is 84.0 Å². The summed E-state index contributed by atoms with van der Waals surface area (Å²) in [5, 5.41) is 12.3. The van der Waals surface area contributed by atoms with Crippen LogP contribution in [0, 0.1) is 5.82 Å². The molecule has 7 heteroatoms. The quantitative estimate of drug-likeness (QED) is 0.490. The van der Waals surface area contributed by atoms with E-state index in [4.69, 9.17) is 4.74 Å². The zero-order valence-electron chi connectivity index (χ0n) is 15.0. The molecule has 0 aliphatic heterocycles. The maximum Gasteiger partial charge on any atom is 0.223 e. The summed E-state index contributed by atoms with van der Waals surface area (Å²) in [5.74, 6) is 0.716. The number of nitrogens with zero attached hydrogens (tertiary/aromatic N) is 5. The largest absolute Gasteiger partial charge is 0.496 e. The fourth-order valence-electron chi connectivity index (χ4n) is 2.40. The van der Waals surface area contributed by atoms with Crippen LogP contribution in [-0.4, -0.2) is 32.3 Å². The summed E-state index contributed by atoms with van der Waals surface area (Å²) in [5.41, 5.74) is 2.28. The molecule has 0 fully saturated rings. The van der Waals surface area contributed by atoms with Gasteiger partial charge in [0.1, 0.15) is 17.3 Å². The van der Waals surface area contributed by atoms with Gasteiger partial charge in [0.15, 0.2) is 0 Å². The third-order valence-electron chi connectivity index (χ3n) is 3.66. The van der Waals surface area contributed by atoms with Gasteiger partial charge in [-0.2, -0.15) is 0 Å². The highest BCUT2D eigenvalue weighted by molar-refractivity contribution is 5.77. The van der Waals surface area contributed by atoms with Crippen LogP contribution < -0.4 is 0 Å². The molecule has 0 saturated heterocycles. The maximum atomic E-state index is 13.2. The van der Waals surface area contributed by atoms with E-state index in [1.165, 1.54) is 16.9 Å². The van der Waals surface area contributed by atoms with Gasteiger partial charge in [0.25, 0.3) is 0 Å². The van der Waals surface area contributed by atoms with Crippen molar-refractivity contribution in [3.8, 4) is 11.5 Å². The van der Waals surface area contributed by atoms with Crippen LogP contribution in [0.5, 0.6) is 0 Å². The predicted molar refractivity (Wildman–Crippen MR) is 102 cm³/mol. The summed E-state index contributed by atoms with van der Waals surface area (Å²) in [6.07, 6.45) is 8.81. The lowest BCUT2D eigenvalue weighted by Gasteiger charge is -2.08. The van der Waals surface area contributed by atoms with E-state index in [0.29, 0.717) is 17.3 Å². The molecule has 0 atom stereocenters. The first kappa shape index (κ1) is 18.2. The van der Waals surface area contributed by atoms with Crippen LogP contribution in [0.4, 0.5) is 4.39 Å². The summed E-state index contributed by atoms with van der Waals surface area (Å²) in [6, 6.07) is 11.7. The second-order valence-electron chi connectivity index (χ2n) is 5.45. The number of halogens is 1. The number of rotatable bonds is 6. The van der Waals surface area contributed by atoms with E-state index in [1.54, 1.807) is 37.7 Å². The number of hydrogen-bond donors (Lipinski definition) is 0. The number of hydrogen-bond acceptors (Lipinski definition) is 5. The Hall–Kier alpha value is -3.61. The third kappa shape index (κ3) is 4.52. The van der Waals surface area contributed by atoms with E-state index < -0.39 is 0 Å². The first-order chi connectivity index (χ1) is 13.2. The van der Waals surface area contributed by atoms with Crippen molar-refractivity contribution in [2.24, 2.45) is 0 Å². The molecule has 1 aromatic carbocycles. The molecule has 0 N–H and O–H groups in total. The molecule has 27 heavy (non-hydrogen) atoms. The molecule has 6 nitrogen and oxygen atoms in total. The van der Waals surface area contributed by atoms with E-state index in [0.717, 1.165) is 11.1 Å². The lowest BCUT2D eigenvalue weighted by atomic mass is 10.0. The van der Waals surface area contributed by atoms with Crippen molar-refractivity contribution >= 4 is 11.8 Å². The van der Waals surface area contributed by atoms with Crippen LogP contribution in [0.1, 0.15) is 12.5 Å². The fraction of sp³-hybridized carbons (Fsp3) is 0.100. The Kier molecular flexibility index (Phi) is 5.84. The van der Waals surface area contributed by atoms with Crippen molar-refractivity contribution in [3.63, 3.8) is 0 Å². The van der Waals surface area contributed by atoms with Crippen LogP contribution in [0.3, 0.4) is 0 Å². The molecule has 2 heterocycles. The number of aromatic nitrogens is 5. The molecule has 3 rings (SSSR count). The molecule has 0 spiro atoms. The number of methoxy groups -OCH3 is 1. The molecule has 3 aromatic rings. The van der Waals surface area contributed by atoms with Crippen LogP contribution in [-0.2, 0) is 4.74 Å². The fourth-order valence-corrected chi connectivity index (χ4v) is 2.40. The topological polar surface area (TPSA) is 65.7 Å². The van der Waals surface area contributed by atoms with Crippen molar-refractivity contribution < 1.29 is 9.13 Å².